The number of hydrogen-bond donors (Lipinski definition) is 0. The van der Waals surface area contributed by atoms with E-state index in [1.807, 2.05) is 18.2 Å². The van der Waals surface area contributed by atoms with Gasteiger partial charge in [-0.25, -0.2) is 4.98 Å². The van der Waals surface area contributed by atoms with Gasteiger partial charge in [-0.1, -0.05) is 23.5 Å². The molecule has 2 aromatic carbocycles. The molecule has 0 saturated carbocycles. The highest BCUT2D eigenvalue weighted by Gasteiger charge is 2.17. The zero-order valence-corrected chi connectivity index (χ0v) is 16.5. The van der Waals surface area contributed by atoms with Crippen LogP contribution in [0.5, 0.6) is 0 Å². The molecule has 1 amide bonds. The van der Waals surface area contributed by atoms with Crippen molar-refractivity contribution in [2.45, 2.75) is 6.54 Å². The monoisotopic (exact) mass is 428 g/mol. The molecule has 9 nitrogen and oxygen atoms in total. The molecule has 0 aliphatic heterocycles. The van der Waals surface area contributed by atoms with Crippen molar-refractivity contribution in [1.82, 2.24) is 9.55 Å². The zero-order valence-electron chi connectivity index (χ0n) is 14.9. The van der Waals surface area contributed by atoms with Crippen LogP contribution < -0.4 is 4.80 Å². The van der Waals surface area contributed by atoms with Gasteiger partial charge in [0.25, 0.3) is 5.69 Å². The van der Waals surface area contributed by atoms with E-state index in [0.29, 0.717) is 15.7 Å². The first-order chi connectivity index (χ1) is 14.0. The SMILES string of the molecule is COC(=O)Cn1c(=NC(=O)c2nc3ccccc3s2)sc2cc([N+](=O)[O-])ccc21. The molecule has 0 saturated heterocycles. The van der Waals surface area contributed by atoms with Crippen molar-refractivity contribution in [2.75, 3.05) is 7.11 Å². The van der Waals surface area contributed by atoms with Crippen LogP contribution in [0, 0.1) is 10.1 Å². The summed E-state index contributed by atoms with van der Waals surface area (Å²) in [5.41, 5.74) is 1.15. The Bertz CT molecular complexity index is 1320. The van der Waals surface area contributed by atoms with Gasteiger partial charge in [0.05, 0.1) is 32.5 Å². The average Bonchev–Trinajstić information content (AvgIpc) is 3.29. The van der Waals surface area contributed by atoms with Crippen molar-refractivity contribution in [3.63, 3.8) is 0 Å². The summed E-state index contributed by atoms with van der Waals surface area (Å²) in [4.78, 5) is 43.7. The first kappa shape index (κ1) is 18.9. The van der Waals surface area contributed by atoms with Gasteiger partial charge in [0.1, 0.15) is 6.54 Å². The van der Waals surface area contributed by atoms with E-state index in [1.54, 1.807) is 6.07 Å². The van der Waals surface area contributed by atoms with Crippen molar-refractivity contribution in [1.29, 1.82) is 0 Å². The molecule has 29 heavy (non-hydrogen) atoms. The second kappa shape index (κ2) is 7.53. The molecular weight excluding hydrogens is 416 g/mol. The number of methoxy groups -OCH3 is 1. The number of carbonyl (C=O) groups excluding carboxylic acids is 2. The third kappa shape index (κ3) is 3.65. The van der Waals surface area contributed by atoms with Crippen molar-refractivity contribution in [2.24, 2.45) is 4.99 Å². The number of thiazole rings is 2. The molecular formula is C18H12N4O5S2. The Morgan fingerprint density at radius 3 is 2.72 bits per heavy atom. The van der Waals surface area contributed by atoms with E-state index in [2.05, 4.69) is 9.98 Å². The number of hydrogen-bond acceptors (Lipinski definition) is 8. The van der Waals surface area contributed by atoms with E-state index in [-0.39, 0.29) is 22.0 Å². The van der Waals surface area contributed by atoms with Crippen molar-refractivity contribution >= 4 is 60.7 Å². The lowest BCUT2D eigenvalue weighted by atomic mass is 10.3. The Morgan fingerprint density at radius 2 is 2.00 bits per heavy atom. The summed E-state index contributed by atoms with van der Waals surface area (Å²) in [5, 5.41) is 11.3. The van der Waals surface area contributed by atoms with Gasteiger partial charge in [0, 0.05) is 12.1 Å². The highest BCUT2D eigenvalue weighted by Crippen LogP contribution is 2.24. The summed E-state index contributed by atoms with van der Waals surface area (Å²) in [6, 6.07) is 11.6. The lowest BCUT2D eigenvalue weighted by Gasteiger charge is -2.03. The molecule has 0 bridgehead atoms. The number of fused-ring (bicyclic) bond motifs is 2. The molecule has 146 valence electrons. The molecule has 2 heterocycles. The number of ether oxygens (including phenoxy) is 1. The van der Waals surface area contributed by atoms with Crippen LogP contribution in [0.3, 0.4) is 0 Å². The van der Waals surface area contributed by atoms with E-state index in [1.165, 1.54) is 41.2 Å². The lowest BCUT2D eigenvalue weighted by molar-refractivity contribution is -0.384. The van der Waals surface area contributed by atoms with Gasteiger partial charge in [0.15, 0.2) is 9.81 Å². The minimum absolute atomic E-state index is 0.0898. The zero-order chi connectivity index (χ0) is 20.5. The number of nitro benzene ring substituents is 1. The third-order valence-corrected chi connectivity index (χ3v) is 6.13. The van der Waals surface area contributed by atoms with Crippen LogP contribution in [0.15, 0.2) is 47.5 Å². The molecule has 2 aromatic heterocycles. The minimum atomic E-state index is -0.550. The van der Waals surface area contributed by atoms with Gasteiger partial charge in [-0.3, -0.25) is 19.7 Å². The molecule has 0 spiro atoms. The quantitative estimate of drug-likeness (QED) is 0.280. The molecule has 0 aliphatic rings. The average molecular weight is 428 g/mol. The molecule has 0 atom stereocenters. The molecule has 0 N–H and O–H groups in total. The normalized spacial score (nSPS) is 11.8. The van der Waals surface area contributed by atoms with Gasteiger partial charge >= 0.3 is 11.9 Å². The van der Waals surface area contributed by atoms with Gasteiger partial charge in [0.2, 0.25) is 0 Å². The highest BCUT2D eigenvalue weighted by atomic mass is 32.1. The number of benzene rings is 2. The van der Waals surface area contributed by atoms with Crippen LogP contribution in [0.1, 0.15) is 9.80 Å². The highest BCUT2D eigenvalue weighted by molar-refractivity contribution is 7.20. The molecule has 4 aromatic rings. The molecule has 4 rings (SSSR count). The molecule has 0 unspecified atom stereocenters. The van der Waals surface area contributed by atoms with Gasteiger partial charge in [-0.05, 0) is 18.2 Å². The lowest BCUT2D eigenvalue weighted by Crippen LogP contribution is -2.22. The van der Waals surface area contributed by atoms with Crippen LogP contribution in [0.25, 0.3) is 20.4 Å². The minimum Gasteiger partial charge on any atom is -0.468 e. The predicted octanol–water partition coefficient (Wildman–Crippen LogP) is 3.13. The molecule has 0 radical (unpaired) electrons. The maximum Gasteiger partial charge on any atom is 0.325 e. The number of carbonyl (C=O) groups is 2. The first-order valence-electron chi connectivity index (χ1n) is 8.25. The van der Waals surface area contributed by atoms with Crippen molar-refractivity contribution in [3.05, 3.63) is 62.4 Å². The number of esters is 1. The maximum absolute atomic E-state index is 12.7. The number of amides is 1. The Kier molecular flexibility index (Phi) is 4.91. The van der Waals surface area contributed by atoms with Crippen LogP contribution in [0.2, 0.25) is 0 Å². The Hall–Kier alpha value is -3.44. The van der Waals surface area contributed by atoms with E-state index in [9.17, 15) is 19.7 Å². The summed E-state index contributed by atoms with van der Waals surface area (Å²) in [5.74, 6) is -1.08. The summed E-state index contributed by atoms with van der Waals surface area (Å²) in [7, 11) is 1.26. The third-order valence-electron chi connectivity index (χ3n) is 4.07. The molecule has 11 heteroatoms. The fraction of sp³-hybridized carbons (Fsp3) is 0.111. The van der Waals surface area contributed by atoms with Crippen LogP contribution in [-0.2, 0) is 16.1 Å². The van der Waals surface area contributed by atoms with Gasteiger partial charge < -0.3 is 9.30 Å². The molecule has 0 fully saturated rings. The number of rotatable bonds is 4. The fourth-order valence-corrected chi connectivity index (χ4v) is 4.62. The Labute approximate surface area is 170 Å². The first-order valence-corrected chi connectivity index (χ1v) is 9.89. The van der Waals surface area contributed by atoms with E-state index in [4.69, 9.17) is 4.74 Å². The number of aromatic nitrogens is 2. The second-order valence-corrected chi connectivity index (χ2v) is 7.90. The summed E-state index contributed by atoms with van der Waals surface area (Å²) >= 11 is 2.30. The maximum atomic E-state index is 12.7. The van der Waals surface area contributed by atoms with E-state index in [0.717, 1.165) is 16.0 Å². The van der Waals surface area contributed by atoms with Crippen LogP contribution in [0.4, 0.5) is 5.69 Å². The fourth-order valence-electron chi connectivity index (χ4n) is 2.71. The Balaban J connectivity index is 1.85. The number of nitro groups is 1. The van der Waals surface area contributed by atoms with E-state index >= 15 is 0 Å². The standard InChI is InChI=1S/C18H12N4O5S2/c1-27-15(23)9-21-12-7-6-10(22(25)26)8-14(12)29-18(21)20-16(24)17-19-11-4-2-3-5-13(11)28-17/h2-8H,9H2,1H3. The predicted molar refractivity (Wildman–Crippen MR) is 108 cm³/mol. The van der Waals surface area contributed by atoms with Crippen LogP contribution >= 0.6 is 22.7 Å². The Morgan fingerprint density at radius 1 is 1.21 bits per heavy atom. The topological polar surface area (TPSA) is 117 Å². The number of para-hydroxylation sites is 1. The summed E-state index contributed by atoms with van der Waals surface area (Å²) < 4.78 is 7.61. The smallest absolute Gasteiger partial charge is 0.325 e. The second-order valence-electron chi connectivity index (χ2n) is 5.86. The number of nitrogens with zero attached hydrogens (tertiary/aromatic N) is 4. The van der Waals surface area contributed by atoms with Gasteiger partial charge in [-0.15, -0.1) is 11.3 Å². The molecule has 0 aliphatic carbocycles. The van der Waals surface area contributed by atoms with E-state index < -0.39 is 16.8 Å². The number of non-ortho nitro benzene ring substituents is 1. The van der Waals surface area contributed by atoms with Crippen molar-refractivity contribution in [3.8, 4) is 0 Å². The van der Waals surface area contributed by atoms with Gasteiger partial charge in [-0.2, -0.15) is 4.99 Å². The largest absolute Gasteiger partial charge is 0.468 e. The summed E-state index contributed by atoms with van der Waals surface area (Å²) in [6.45, 7) is -0.180. The van der Waals surface area contributed by atoms with Crippen molar-refractivity contribution < 1.29 is 19.2 Å². The summed E-state index contributed by atoms with van der Waals surface area (Å²) in [6.07, 6.45) is 0. The van der Waals surface area contributed by atoms with Crippen LogP contribution in [-0.4, -0.2) is 33.5 Å².